The van der Waals surface area contributed by atoms with Crippen LogP contribution in [0.3, 0.4) is 0 Å². The minimum absolute atomic E-state index is 0.112. The van der Waals surface area contributed by atoms with Crippen molar-refractivity contribution in [3.05, 3.63) is 64.1 Å². The van der Waals surface area contributed by atoms with Gasteiger partial charge in [0.15, 0.2) is 5.69 Å². The zero-order valence-electron chi connectivity index (χ0n) is 10.3. The van der Waals surface area contributed by atoms with Crippen LogP contribution in [0.4, 0.5) is 0 Å². The first-order chi connectivity index (χ1) is 9.16. The summed E-state index contributed by atoms with van der Waals surface area (Å²) in [5, 5.41) is 12.6. The maximum Gasteiger partial charge on any atom is 0.356 e. The summed E-state index contributed by atoms with van der Waals surface area (Å²) in [5.41, 5.74) is 0.794. The SMILES string of the molecule is O=C(O)c1ccc(=O)n(CCCc2ccccc2)n1. The Labute approximate surface area is 110 Å². The van der Waals surface area contributed by atoms with Crippen molar-refractivity contribution in [3.63, 3.8) is 0 Å². The summed E-state index contributed by atoms with van der Waals surface area (Å²) in [5.74, 6) is -1.13. The molecule has 0 fully saturated rings. The van der Waals surface area contributed by atoms with Gasteiger partial charge in [-0.15, -0.1) is 0 Å². The lowest BCUT2D eigenvalue weighted by atomic mass is 10.1. The third-order valence-electron chi connectivity index (χ3n) is 2.76. The van der Waals surface area contributed by atoms with Crippen LogP contribution >= 0.6 is 0 Å². The third kappa shape index (κ3) is 3.51. The van der Waals surface area contributed by atoms with Gasteiger partial charge in [0.1, 0.15) is 0 Å². The lowest BCUT2D eigenvalue weighted by molar-refractivity contribution is 0.0687. The summed E-state index contributed by atoms with van der Waals surface area (Å²) in [6.45, 7) is 0.412. The van der Waals surface area contributed by atoms with Crippen molar-refractivity contribution < 1.29 is 9.90 Å². The monoisotopic (exact) mass is 258 g/mol. The van der Waals surface area contributed by atoms with Crippen molar-refractivity contribution in [2.45, 2.75) is 19.4 Å². The number of hydrogen-bond acceptors (Lipinski definition) is 3. The van der Waals surface area contributed by atoms with Crippen LogP contribution in [0.25, 0.3) is 0 Å². The molecule has 19 heavy (non-hydrogen) atoms. The number of carbonyl (C=O) groups is 1. The molecule has 0 aliphatic rings. The molecule has 0 unspecified atom stereocenters. The van der Waals surface area contributed by atoms with E-state index in [2.05, 4.69) is 5.10 Å². The molecule has 98 valence electrons. The van der Waals surface area contributed by atoms with E-state index in [0.717, 1.165) is 12.8 Å². The Balaban J connectivity index is 2.01. The van der Waals surface area contributed by atoms with E-state index in [9.17, 15) is 9.59 Å². The average molecular weight is 258 g/mol. The molecule has 0 atom stereocenters. The number of nitrogens with zero attached hydrogens (tertiary/aromatic N) is 2. The maximum atomic E-state index is 11.5. The number of hydrogen-bond donors (Lipinski definition) is 1. The largest absolute Gasteiger partial charge is 0.476 e. The quantitative estimate of drug-likeness (QED) is 0.883. The van der Waals surface area contributed by atoms with Crippen LogP contribution in [0.5, 0.6) is 0 Å². The van der Waals surface area contributed by atoms with Crippen molar-refractivity contribution in [1.29, 1.82) is 0 Å². The summed E-state index contributed by atoms with van der Waals surface area (Å²) in [6.07, 6.45) is 1.56. The van der Waals surface area contributed by atoms with Gasteiger partial charge in [-0.05, 0) is 24.5 Å². The summed E-state index contributed by atoms with van der Waals surface area (Å²) in [4.78, 5) is 22.3. The van der Waals surface area contributed by atoms with Crippen molar-refractivity contribution in [2.75, 3.05) is 0 Å². The predicted molar refractivity (Wildman–Crippen MR) is 70.2 cm³/mol. The normalized spacial score (nSPS) is 10.3. The fourth-order valence-electron chi connectivity index (χ4n) is 1.80. The van der Waals surface area contributed by atoms with E-state index in [0.29, 0.717) is 6.54 Å². The molecule has 0 aliphatic carbocycles. The van der Waals surface area contributed by atoms with Gasteiger partial charge in [0, 0.05) is 12.6 Å². The van der Waals surface area contributed by atoms with Gasteiger partial charge in [-0.1, -0.05) is 30.3 Å². The summed E-state index contributed by atoms with van der Waals surface area (Å²) >= 11 is 0. The Morgan fingerprint density at radius 3 is 2.58 bits per heavy atom. The molecule has 0 spiro atoms. The number of aromatic carboxylic acids is 1. The number of rotatable bonds is 5. The second kappa shape index (κ2) is 5.95. The Bertz CT molecular complexity index is 620. The lowest BCUT2D eigenvalue weighted by Gasteiger charge is -2.05. The minimum atomic E-state index is -1.13. The molecule has 1 heterocycles. The van der Waals surface area contributed by atoms with Gasteiger partial charge in [-0.2, -0.15) is 5.10 Å². The van der Waals surface area contributed by atoms with Crippen LogP contribution < -0.4 is 5.56 Å². The smallest absolute Gasteiger partial charge is 0.356 e. The standard InChI is InChI=1S/C14H14N2O3/c17-13-9-8-12(14(18)19)15-16(13)10-4-7-11-5-2-1-3-6-11/h1-3,5-6,8-9H,4,7,10H2,(H,18,19). The number of aryl methyl sites for hydroxylation is 2. The predicted octanol–water partition coefficient (Wildman–Crippen LogP) is 1.57. The number of carboxylic acid groups (broad SMARTS) is 1. The first-order valence-corrected chi connectivity index (χ1v) is 6.02. The molecule has 5 heteroatoms. The van der Waals surface area contributed by atoms with Gasteiger partial charge < -0.3 is 5.11 Å². The van der Waals surface area contributed by atoms with Gasteiger partial charge in [0.2, 0.25) is 0 Å². The Kier molecular flexibility index (Phi) is 4.07. The van der Waals surface area contributed by atoms with Crippen LogP contribution in [0.1, 0.15) is 22.5 Å². The fourth-order valence-corrected chi connectivity index (χ4v) is 1.80. The van der Waals surface area contributed by atoms with Crippen LogP contribution in [-0.4, -0.2) is 20.9 Å². The molecule has 0 saturated carbocycles. The van der Waals surface area contributed by atoms with Gasteiger partial charge >= 0.3 is 5.97 Å². The molecular weight excluding hydrogens is 244 g/mol. The molecule has 0 bridgehead atoms. The van der Waals surface area contributed by atoms with Crippen molar-refractivity contribution in [1.82, 2.24) is 9.78 Å². The lowest BCUT2D eigenvalue weighted by Crippen LogP contribution is -2.24. The zero-order chi connectivity index (χ0) is 13.7. The molecule has 0 saturated heterocycles. The molecule has 1 N–H and O–H groups in total. The van der Waals surface area contributed by atoms with Crippen molar-refractivity contribution in [2.24, 2.45) is 0 Å². The molecule has 0 amide bonds. The molecule has 2 aromatic rings. The van der Waals surface area contributed by atoms with Crippen LogP contribution in [0.2, 0.25) is 0 Å². The van der Waals surface area contributed by atoms with E-state index in [1.165, 1.54) is 22.4 Å². The Morgan fingerprint density at radius 2 is 1.89 bits per heavy atom. The van der Waals surface area contributed by atoms with E-state index >= 15 is 0 Å². The Morgan fingerprint density at radius 1 is 1.16 bits per heavy atom. The maximum absolute atomic E-state index is 11.5. The van der Waals surface area contributed by atoms with E-state index < -0.39 is 5.97 Å². The molecular formula is C14H14N2O3. The zero-order valence-corrected chi connectivity index (χ0v) is 10.3. The van der Waals surface area contributed by atoms with Crippen molar-refractivity contribution in [3.8, 4) is 0 Å². The van der Waals surface area contributed by atoms with E-state index in [-0.39, 0.29) is 11.3 Å². The fraction of sp³-hybridized carbons (Fsp3) is 0.214. The highest BCUT2D eigenvalue weighted by Crippen LogP contribution is 2.03. The molecule has 2 rings (SSSR count). The summed E-state index contributed by atoms with van der Waals surface area (Å²) in [6, 6.07) is 12.4. The van der Waals surface area contributed by atoms with Crippen LogP contribution in [-0.2, 0) is 13.0 Å². The summed E-state index contributed by atoms with van der Waals surface area (Å²) < 4.78 is 1.20. The second-order valence-corrected chi connectivity index (χ2v) is 4.17. The average Bonchev–Trinajstić information content (AvgIpc) is 2.42. The minimum Gasteiger partial charge on any atom is -0.476 e. The highest BCUT2D eigenvalue weighted by Gasteiger charge is 2.06. The highest BCUT2D eigenvalue weighted by atomic mass is 16.4. The topological polar surface area (TPSA) is 72.2 Å². The van der Waals surface area contributed by atoms with E-state index in [1.807, 2.05) is 30.3 Å². The van der Waals surface area contributed by atoms with Gasteiger partial charge in [0.25, 0.3) is 5.56 Å². The first-order valence-electron chi connectivity index (χ1n) is 6.02. The first kappa shape index (κ1) is 13.0. The van der Waals surface area contributed by atoms with E-state index in [4.69, 9.17) is 5.11 Å². The van der Waals surface area contributed by atoms with Gasteiger partial charge in [0.05, 0.1) is 0 Å². The molecule has 1 aromatic carbocycles. The number of aromatic nitrogens is 2. The molecule has 0 aliphatic heterocycles. The molecule has 0 radical (unpaired) electrons. The number of carboxylic acids is 1. The van der Waals surface area contributed by atoms with Crippen LogP contribution in [0, 0.1) is 0 Å². The number of benzene rings is 1. The van der Waals surface area contributed by atoms with Crippen molar-refractivity contribution >= 4 is 5.97 Å². The van der Waals surface area contributed by atoms with Gasteiger partial charge in [-0.25, -0.2) is 9.48 Å². The Hall–Kier alpha value is -2.43. The highest BCUT2D eigenvalue weighted by molar-refractivity contribution is 5.84. The second-order valence-electron chi connectivity index (χ2n) is 4.17. The third-order valence-corrected chi connectivity index (χ3v) is 2.76. The summed E-state index contributed by atoms with van der Waals surface area (Å²) in [7, 11) is 0. The van der Waals surface area contributed by atoms with Gasteiger partial charge in [-0.3, -0.25) is 4.79 Å². The molecule has 5 nitrogen and oxygen atoms in total. The van der Waals surface area contributed by atoms with Crippen LogP contribution in [0.15, 0.2) is 47.3 Å². The molecule has 1 aromatic heterocycles. The van der Waals surface area contributed by atoms with E-state index in [1.54, 1.807) is 0 Å².